The van der Waals surface area contributed by atoms with Gasteiger partial charge >= 0.3 is 0 Å². The highest BCUT2D eigenvalue weighted by Crippen LogP contribution is 2.28. The van der Waals surface area contributed by atoms with E-state index in [4.69, 9.17) is 0 Å². The predicted octanol–water partition coefficient (Wildman–Crippen LogP) is 3.67. The number of rotatable bonds is 6. The van der Waals surface area contributed by atoms with Crippen LogP contribution in [-0.4, -0.2) is 36.6 Å². The molecule has 0 aromatic rings. The van der Waals surface area contributed by atoms with Gasteiger partial charge in [0.25, 0.3) is 0 Å². The first-order valence-electron chi connectivity index (χ1n) is 8.66. The summed E-state index contributed by atoms with van der Waals surface area (Å²) in [6.45, 7) is 10.9. The van der Waals surface area contributed by atoms with Gasteiger partial charge in [-0.3, -0.25) is 4.90 Å². The van der Waals surface area contributed by atoms with Crippen LogP contribution in [0.25, 0.3) is 0 Å². The molecule has 2 aliphatic rings. The van der Waals surface area contributed by atoms with Crippen LogP contribution in [0.2, 0.25) is 0 Å². The van der Waals surface area contributed by atoms with E-state index in [-0.39, 0.29) is 0 Å². The molecule has 0 aromatic carbocycles. The van der Waals surface area contributed by atoms with Crippen molar-refractivity contribution in [2.45, 2.75) is 77.8 Å². The van der Waals surface area contributed by atoms with E-state index in [1.54, 1.807) is 0 Å². The van der Waals surface area contributed by atoms with Gasteiger partial charge in [0.15, 0.2) is 0 Å². The summed E-state index contributed by atoms with van der Waals surface area (Å²) >= 11 is 0. The largest absolute Gasteiger partial charge is 0.311 e. The highest BCUT2D eigenvalue weighted by molar-refractivity contribution is 4.86. The molecule has 1 saturated carbocycles. The van der Waals surface area contributed by atoms with Gasteiger partial charge in [0.1, 0.15) is 0 Å². The molecule has 0 radical (unpaired) electrons. The van der Waals surface area contributed by atoms with Crippen LogP contribution in [0.5, 0.6) is 0 Å². The van der Waals surface area contributed by atoms with Gasteiger partial charge in [-0.15, -0.1) is 0 Å². The van der Waals surface area contributed by atoms with Crippen LogP contribution in [0.1, 0.15) is 65.7 Å². The first kappa shape index (κ1) is 15.3. The maximum absolute atomic E-state index is 3.77. The molecular weight excluding hydrogens is 232 g/mol. The third-order valence-corrected chi connectivity index (χ3v) is 5.14. The molecule has 2 atom stereocenters. The summed E-state index contributed by atoms with van der Waals surface area (Å²) in [5, 5.41) is 3.77. The monoisotopic (exact) mass is 266 g/mol. The van der Waals surface area contributed by atoms with Crippen molar-refractivity contribution >= 4 is 0 Å². The second-order valence-corrected chi connectivity index (χ2v) is 7.23. The van der Waals surface area contributed by atoms with E-state index >= 15 is 0 Å². The molecule has 1 saturated heterocycles. The zero-order chi connectivity index (χ0) is 13.7. The van der Waals surface area contributed by atoms with Gasteiger partial charge in [-0.1, -0.05) is 46.5 Å². The van der Waals surface area contributed by atoms with E-state index in [0.29, 0.717) is 0 Å². The molecule has 1 heterocycles. The molecule has 0 aromatic heterocycles. The fraction of sp³-hybridized carbons (Fsp3) is 1.00. The minimum atomic E-state index is 0.728. The van der Waals surface area contributed by atoms with Gasteiger partial charge in [0, 0.05) is 25.2 Å². The van der Waals surface area contributed by atoms with Crippen molar-refractivity contribution in [1.82, 2.24) is 10.2 Å². The molecule has 0 amide bonds. The van der Waals surface area contributed by atoms with E-state index < -0.39 is 0 Å². The summed E-state index contributed by atoms with van der Waals surface area (Å²) in [6.07, 6.45) is 10.0. The van der Waals surface area contributed by atoms with Crippen molar-refractivity contribution in [1.29, 1.82) is 0 Å². The Hall–Kier alpha value is -0.0800. The molecule has 2 nitrogen and oxygen atoms in total. The third kappa shape index (κ3) is 4.75. The van der Waals surface area contributed by atoms with Crippen molar-refractivity contribution in [2.24, 2.45) is 11.8 Å². The third-order valence-electron chi connectivity index (χ3n) is 5.14. The fourth-order valence-corrected chi connectivity index (χ4v) is 3.98. The summed E-state index contributed by atoms with van der Waals surface area (Å²) in [5.41, 5.74) is 0. The maximum atomic E-state index is 3.77. The van der Waals surface area contributed by atoms with E-state index in [1.807, 2.05) is 0 Å². The summed E-state index contributed by atoms with van der Waals surface area (Å²) in [4.78, 5) is 2.79. The average molecular weight is 266 g/mol. The molecule has 1 N–H and O–H groups in total. The first-order valence-corrected chi connectivity index (χ1v) is 8.66. The lowest BCUT2D eigenvalue weighted by atomic mass is 9.97. The Morgan fingerprint density at radius 3 is 2.58 bits per heavy atom. The van der Waals surface area contributed by atoms with E-state index in [9.17, 15) is 0 Å². The Bertz CT molecular complexity index is 246. The molecule has 1 aliphatic carbocycles. The second-order valence-electron chi connectivity index (χ2n) is 7.23. The van der Waals surface area contributed by atoms with Crippen molar-refractivity contribution in [3.63, 3.8) is 0 Å². The highest BCUT2D eigenvalue weighted by Gasteiger charge is 2.27. The van der Waals surface area contributed by atoms with Crippen molar-refractivity contribution in [3.8, 4) is 0 Å². The molecule has 1 aliphatic heterocycles. The van der Waals surface area contributed by atoms with Crippen molar-refractivity contribution in [2.75, 3.05) is 19.6 Å². The van der Waals surface area contributed by atoms with Crippen molar-refractivity contribution < 1.29 is 0 Å². The lowest BCUT2D eigenvalue weighted by Crippen LogP contribution is -2.56. The number of hydrogen-bond acceptors (Lipinski definition) is 2. The SMILES string of the molecule is CCC1CNC(CC(C)C)CN1CCC1CCCC1. The van der Waals surface area contributed by atoms with Crippen LogP contribution in [0.4, 0.5) is 0 Å². The van der Waals surface area contributed by atoms with Gasteiger partial charge in [0.2, 0.25) is 0 Å². The van der Waals surface area contributed by atoms with Gasteiger partial charge < -0.3 is 5.32 Å². The van der Waals surface area contributed by atoms with E-state index in [0.717, 1.165) is 23.9 Å². The minimum absolute atomic E-state index is 0.728. The molecule has 2 unspecified atom stereocenters. The molecule has 2 fully saturated rings. The van der Waals surface area contributed by atoms with Gasteiger partial charge in [-0.2, -0.15) is 0 Å². The van der Waals surface area contributed by atoms with Crippen LogP contribution >= 0.6 is 0 Å². The Morgan fingerprint density at radius 1 is 1.21 bits per heavy atom. The topological polar surface area (TPSA) is 15.3 Å². The Kier molecular flexibility index (Phi) is 6.15. The zero-order valence-electron chi connectivity index (χ0n) is 13.3. The number of nitrogens with zero attached hydrogens (tertiary/aromatic N) is 1. The summed E-state index contributed by atoms with van der Waals surface area (Å²) in [6, 6.07) is 1.51. The lowest BCUT2D eigenvalue weighted by molar-refractivity contribution is 0.111. The fourth-order valence-electron chi connectivity index (χ4n) is 3.98. The summed E-state index contributed by atoms with van der Waals surface area (Å²) in [7, 11) is 0. The quantitative estimate of drug-likeness (QED) is 0.789. The van der Waals surface area contributed by atoms with Crippen LogP contribution in [0.15, 0.2) is 0 Å². The van der Waals surface area contributed by atoms with Crippen LogP contribution in [0.3, 0.4) is 0 Å². The standard InChI is InChI=1S/C17H34N2/c1-4-17-12-18-16(11-14(2)3)13-19(17)10-9-15-7-5-6-8-15/h14-18H,4-13H2,1-3H3. The molecule has 0 bridgehead atoms. The summed E-state index contributed by atoms with van der Waals surface area (Å²) < 4.78 is 0. The van der Waals surface area contributed by atoms with Gasteiger partial charge in [-0.05, 0) is 37.6 Å². The summed E-state index contributed by atoms with van der Waals surface area (Å²) in [5.74, 6) is 1.85. The number of piperazine rings is 1. The van der Waals surface area contributed by atoms with E-state index in [1.165, 1.54) is 64.6 Å². The predicted molar refractivity (Wildman–Crippen MR) is 83.5 cm³/mol. The normalized spacial score (nSPS) is 30.3. The van der Waals surface area contributed by atoms with Crippen LogP contribution in [0, 0.1) is 11.8 Å². The Balaban J connectivity index is 1.79. The molecule has 2 rings (SSSR count). The number of hydrogen-bond donors (Lipinski definition) is 1. The van der Waals surface area contributed by atoms with E-state index in [2.05, 4.69) is 31.0 Å². The number of nitrogens with one attached hydrogen (secondary N) is 1. The second kappa shape index (κ2) is 7.64. The Labute approximate surface area is 120 Å². The lowest BCUT2D eigenvalue weighted by Gasteiger charge is -2.41. The molecule has 0 spiro atoms. The minimum Gasteiger partial charge on any atom is -0.311 e. The zero-order valence-corrected chi connectivity index (χ0v) is 13.3. The first-order chi connectivity index (χ1) is 9.19. The smallest absolute Gasteiger partial charge is 0.0218 e. The average Bonchev–Trinajstić information content (AvgIpc) is 2.89. The van der Waals surface area contributed by atoms with Crippen LogP contribution in [-0.2, 0) is 0 Å². The maximum Gasteiger partial charge on any atom is 0.0218 e. The highest BCUT2D eigenvalue weighted by atomic mass is 15.2. The molecule has 2 heteroatoms. The van der Waals surface area contributed by atoms with Crippen LogP contribution < -0.4 is 5.32 Å². The van der Waals surface area contributed by atoms with Gasteiger partial charge in [-0.25, -0.2) is 0 Å². The Morgan fingerprint density at radius 2 is 1.95 bits per heavy atom. The molecule has 112 valence electrons. The van der Waals surface area contributed by atoms with Crippen molar-refractivity contribution in [3.05, 3.63) is 0 Å². The van der Waals surface area contributed by atoms with Gasteiger partial charge in [0.05, 0.1) is 0 Å². The molecule has 19 heavy (non-hydrogen) atoms. The molecular formula is C17H34N2.